The highest BCUT2D eigenvalue weighted by Crippen LogP contribution is 2.32. The van der Waals surface area contributed by atoms with Crippen molar-refractivity contribution < 1.29 is 9.53 Å². The lowest BCUT2D eigenvalue weighted by Crippen LogP contribution is -2.43. The van der Waals surface area contributed by atoms with E-state index >= 15 is 0 Å². The number of thioether (sulfide) groups is 1. The molecule has 0 saturated carbocycles. The highest BCUT2D eigenvalue weighted by molar-refractivity contribution is 7.99. The number of benzene rings is 1. The highest BCUT2D eigenvalue weighted by Gasteiger charge is 2.25. The number of hydrogen-bond donors (Lipinski definition) is 2. The van der Waals surface area contributed by atoms with Crippen LogP contribution in [0.2, 0.25) is 0 Å². The quantitative estimate of drug-likeness (QED) is 0.876. The third-order valence-electron chi connectivity index (χ3n) is 3.64. The van der Waals surface area contributed by atoms with Gasteiger partial charge < -0.3 is 10.1 Å². The molecule has 0 spiro atoms. The van der Waals surface area contributed by atoms with Crippen molar-refractivity contribution in [3.8, 4) is 5.75 Å². The first-order valence-electron chi connectivity index (χ1n) is 6.65. The first-order chi connectivity index (χ1) is 9.34. The summed E-state index contributed by atoms with van der Waals surface area (Å²) in [6.45, 7) is 1.43. The largest absolute Gasteiger partial charge is 0.493 e. The maximum atomic E-state index is 12.0. The van der Waals surface area contributed by atoms with E-state index < -0.39 is 0 Å². The maximum Gasteiger partial charge on any atom is 0.238 e. The number of hydrogen-bond acceptors (Lipinski definition) is 4. The van der Waals surface area contributed by atoms with E-state index in [1.54, 1.807) is 11.8 Å². The molecule has 3 rings (SSSR count). The Morgan fingerprint density at radius 2 is 2.37 bits per heavy atom. The topological polar surface area (TPSA) is 50.4 Å². The minimum absolute atomic E-state index is 0.0277. The molecular formula is C14H18N2O2S. The zero-order valence-corrected chi connectivity index (χ0v) is 11.5. The van der Waals surface area contributed by atoms with Crippen LogP contribution in [0.4, 0.5) is 0 Å². The predicted octanol–water partition coefficient (Wildman–Crippen LogP) is 1.33. The van der Waals surface area contributed by atoms with Crippen LogP contribution in [0.1, 0.15) is 17.9 Å². The molecule has 1 fully saturated rings. The summed E-state index contributed by atoms with van der Waals surface area (Å²) in [7, 11) is 0. The molecule has 1 saturated heterocycles. The van der Waals surface area contributed by atoms with E-state index in [1.165, 1.54) is 5.56 Å². The van der Waals surface area contributed by atoms with Crippen LogP contribution in [-0.4, -0.2) is 36.7 Å². The molecule has 19 heavy (non-hydrogen) atoms. The number of nitrogens with one attached hydrogen (secondary N) is 2. The van der Waals surface area contributed by atoms with Crippen LogP contribution < -0.4 is 15.4 Å². The van der Waals surface area contributed by atoms with Gasteiger partial charge in [-0.3, -0.25) is 10.1 Å². The first kappa shape index (κ1) is 12.8. The standard InChI is InChI=1S/C14H18N2O2S/c17-14(12-8-19-9-16-12)15-7-10-5-6-18-13-4-2-1-3-11(10)13/h1-4,10,12,16H,5-9H2,(H,15,17). The Balaban J connectivity index is 1.60. The molecule has 4 nitrogen and oxygen atoms in total. The summed E-state index contributed by atoms with van der Waals surface area (Å²) in [6, 6.07) is 8.07. The Labute approximate surface area is 117 Å². The van der Waals surface area contributed by atoms with Gasteiger partial charge in [-0.25, -0.2) is 0 Å². The van der Waals surface area contributed by atoms with Crippen molar-refractivity contribution in [3.05, 3.63) is 29.8 Å². The van der Waals surface area contributed by atoms with E-state index in [9.17, 15) is 4.79 Å². The molecule has 2 aliphatic heterocycles. The molecule has 2 unspecified atom stereocenters. The summed E-state index contributed by atoms with van der Waals surface area (Å²) in [5.41, 5.74) is 1.21. The lowest BCUT2D eigenvalue weighted by molar-refractivity contribution is -0.122. The summed E-state index contributed by atoms with van der Waals surface area (Å²) >= 11 is 1.77. The molecule has 2 aliphatic rings. The Hall–Kier alpha value is -1.20. The monoisotopic (exact) mass is 278 g/mol. The Bertz CT molecular complexity index is 461. The van der Waals surface area contributed by atoms with Crippen LogP contribution >= 0.6 is 11.8 Å². The van der Waals surface area contributed by atoms with Gasteiger partial charge in [-0.1, -0.05) is 18.2 Å². The van der Waals surface area contributed by atoms with E-state index in [0.29, 0.717) is 12.5 Å². The molecule has 2 atom stereocenters. The van der Waals surface area contributed by atoms with Gasteiger partial charge in [0, 0.05) is 24.1 Å². The zero-order valence-electron chi connectivity index (χ0n) is 10.7. The minimum Gasteiger partial charge on any atom is -0.493 e. The third kappa shape index (κ3) is 2.87. The van der Waals surface area contributed by atoms with Crippen LogP contribution in [0.3, 0.4) is 0 Å². The summed E-state index contributed by atoms with van der Waals surface area (Å²) in [6.07, 6.45) is 0.962. The fourth-order valence-electron chi connectivity index (χ4n) is 2.54. The molecule has 2 N–H and O–H groups in total. The van der Waals surface area contributed by atoms with Crippen molar-refractivity contribution in [2.45, 2.75) is 18.4 Å². The van der Waals surface area contributed by atoms with Gasteiger partial charge in [0.05, 0.1) is 12.6 Å². The molecular weight excluding hydrogens is 260 g/mol. The van der Waals surface area contributed by atoms with E-state index in [-0.39, 0.29) is 11.9 Å². The summed E-state index contributed by atoms with van der Waals surface area (Å²) in [4.78, 5) is 12.0. The van der Waals surface area contributed by atoms with E-state index in [1.807, 2.05) is 18.2 Å². The van der Waals surface area contributed by atoms with Gasteiger partial charge in [-0.05, 0) is 18.1 Å². The molecule has 5 heteroatoms. The Morgan fingerprint density at radius 1 is 1.47 bits per heavy atom. The van der Waals surface area contributed by atoms with Gasteiger partial charge in [0.2, 0.25) is 5.91 Å². The fraction of sp³-hybridized carbons (Fsp3) is 0.500. The SMILES string of the molecule is O=C(NCC1CCOc2ccccc21)C1CSCN1. The van der Waals surface area contributed by atoms with Crippen LogP contribution in [0.5, 0.6) is 5.75 Å². The number of para-hydroxylation sites is 1. The van der Waals surface area contributed by atoms with Gasteiger partial charge in [0.1, 0.15) is 5.75 Å². The molecule has 102 valence electrons. The summed E-state index contributed by atoms with van der Waals surface area (Å²) < 4.78 is 5.63. The first-order valence-corrected chi connectivity index (χ1v) is 7.80. The zero-order chi connectivity index (χ0) is 13.1. The third-order valence-corrected chi connectivity index (χ3v) is 4.58. The van der Waals surface area contributed by atoms with Crippen molar-refractivity contribution >= 4 is 17.7 Å². The van der Waals surface area contributed by atoms with E-state index in [4.69, 9.17) is 4.74 Å². The van der Waals surface area contributed by atoms with Gasteiger partial charge >= 0.3 is 0 Å². The molecule has 0 bridgehead atoms. The molecule has 1 aromatic rings. The second-order valence-electron chi connectivity index (χ2n) is 4.89. The molecule has 0 aliphatic carbocycles. The smallest absolute Gasteiger partial charge is 0.238 e. The number of amides is 1. The summed E-state index contributed by atoms with van der Waals surface area (Å²) in [5.74, 6) is 3.19. The second-order valence-corrected chi connectivity index (χ2v) is 5.92. The van der Waals surface area contributed by atoms with Gasteiger partial charge in [-0.2, -0.15) is 0 Å². The van der Waals surface area contributed by atoms with Gasteiger partial charge in [0.25, 0.3) is 0 Å². The number of ether oxygens (including phenoxy) is 1. The average molecular weight is 278 g/mol. The Kier molecular flexibility index (Phi) is 3.94. The molecule has 0 radical (unpaired) electrons. The maximum absolute atomic E-state index is 12.0. The van der Waals surface area contributed by atoms with Crippen molar-refractivity contribution in [1.82, 2.24) is 10.6 Å². The molecule has 0 aromatic heterocycles. The lowest BCUT2D eigenvalue weighted by Gasteiger charge is -2.26. The number of fused-ring (bicyclic) bond motifs is 1. The number of carbonyl (C=O) groups is 1. The Morgan fingerprint density at radius 3 is 3.21 bits per heavy atom. The average Bonchev–Trinajstić information content (AvgIpc) is 2.99. The molecule has 1 amide bonds. The van der Waals surface area contributed by atoms with Gasteiger partial charge in [0.15, 0.2) is 0 Å². The van der Waals surface area contributed by atoms with Crippen LogP contribution in [0, 0.1) is 0 Å². The summed E-state index contributed by atoms with van der Waals surface area (Å²) in [5, 5.41) is 6.25. The van der Waals surface area contributed by atoms with Crippen molar-refractivity contribution in [2.24, 2.45) is 0 Å². The van der Waals surface area contributed by atoms with Crippen LogP contribution in [0.25, 0.3) is 0 Å². The molecule has 1 aromatic carbocycles. The fourth-order valence-corrected chi connectivity index (χ4v) is 3.48. The van der Waals surface area contributed by atoms with Crippen LogP contribution in [0.15, 0.2) is 24.3 Å². The van der Waals surface area contributed by atoms with E-state index in [2.05, 4.69) is 16.7 Å². The van der Waals surface area contributed by atoms with Crippen molar-refractivity contribution in [1.29, 1.82) is 0 Å². The number of carbonyl (C=O) groups excluding carboxylic acids is 1. The molecule has 2 heterocycles. The van der Waals surface area contributed by atoms with Crippen molar-refractivity contribution in [2.75, 3.05) is 24.8 Å². The van der Waals surface area contributed by atoms with E-state index in [0.717, 1.165) is 30.4 Å². The lowest BCUT2D eigenvalue weighted by atomic mass is 9.93. The predicted molar refractivity (Wildman–Crippen MR) is 76.6 cm³/mol. The van der Waals surface area contributed by atoms with Gasteiger partial charge in [-0.15, -0.1) is 11.8 Å². The second kappa shape index (κ2) is 5.84. The van der Waals surface area contributed by atoms with Crippen molar-refractivity contribution in [3.63, 3.8) is 0 Å². The number of rotatable bonds is 3. The highest BCUT2D eigenvalue weighted by atomic mass is 32.2. The normalized spacial score (nSPS) is 25.5. The minimum atomic E-state index is -0.0277. The van der Waals surface area contributed by atoms with Crippen LogP contribution in [-0.2, 0) is 4.79 Å².